The number of ether oxygens (including phenoxy) is 3. The highest BCUT2D eigenvalue weighted by Gasteiger charge is 2.37. The van der Waals surface area contributed by atoms with Crippen molar-refractivity contribution in [1.82, 2.24) is 4.57 Å². The van der Waals surface area contributed by atoms with Gasteiger partial charge < -0.3 is 14.2 Å². The minimum Gasteiger partial charge on any atom is -0.463 e. The van der Waals surface area contributed by atoms with Gasteiger partial charge in [-0.1, -0.05) is 48.9 Å². The van der Waals surface area contributed by atoms with Gasteiger partial charge in [-0.2, -0.15) is 10.1 Å². The van der Waals surface area contributed by atoms with Crippen molar-refractivity contribution in [2.45, 2.75) is 39.7 Å². The van der Waals surface area contributed by atoms with Gasteiger partial charge in [0.05, 0.1) is 39.9 Å². The van der Waals surface area contributed by atoms with Crippen molar-refractivity contribution in [1.29, 1.82) is 0 Å². The molecule has 2 aromatic carbocycles. The van der Waals surface area contributed by atoms with Crippen molar-refractivity contribution >= 4 is 40.7 Å². The number of benzene rings is 2. The van der Waals surface area contributed by atoms with Crippen LogP contribution in [0.3, 0.4) is 0 Å². The number of anilines is 1. The zero-order valence-electron chi connectivity index (χ0n) is 22.8. The summed E-state index contributed by atoms with van der Waals surface area (Å²) < 4.78 is 18.4. The second-order valence-electron chi connectivity index (χ2n) is 9.75. The fourth-order valence-corrected chi connectivity index (χ4v) is 6.24. The van der Waals surface area contributed by atoms with Crippen molar-refractivity contribution in [3.05, 3.63) is 85.1 Å². The Kier molecular flexibility index (Phi) is 7.04. The van der Waals surface area contributed by atoms with Gasteiger partial charge in [-0.25, -0.2) is 9.79 Å². The number of esters is 1. The Morgan fingerprint density at radius 3 is 2.66 bits per heavy atom. The number of fused-ring (bicyclic) bond motifs is 2. The molecule has 0 spiro atoms. The number of allylic oxidation sites excluding steroid dienone is 1. The predicted molar refractivity (Wildman–Crippen MR) is 154 cm³/mol. The van der Waals surface area contributed by atoms with E-state index in [9.17, 15) is 14.4 Å². The van der Waals surface area contributed by atoms with Gasteiger partial charge in [0.25, 0.3) is 11.5 Å². The van der Waals surface area contributed by atoms with E-state index in [0.29, 0.717) is 55.5 Å². The molecule has 0 fully saturated rings. The van der Waals surface area contributed by atoms with Crippen LogP contribution >= 0.6 is 11.3 Å². The van der Waals surface area contributed by atoms with E-state index in [-0.39, 0.29) is 24.9 Å². The number of hydrogen-bond donors (Lipinski definition) is 0. The molecule has 0 saturated carbocycles. The molecule has 41 heavy (non-hydrogen) atoms. The molecule has 0 unspecified atom stereocenters. The van der Waals surface area contributed by atoms with E-state index in [0.717, 1.165) is 6.42 Å². The number of rotatable bonds is 7. The standard InChI is InChI=1S/C30H28N4O6S/c1-4-9-21-25(29(37)38-5-2)26(18-12-13-22-23(14-18)40-16-39-22)33-28(36)24(41-30(33)31-21)15-20-17(3)32-34(27(20)35)19-10-7-6-8-11-19/h6-8,10-15,20,26H,4-5,9,16H2,1-3H3/b24-15+/t20-,26-/m0/s1. The minimum atomic E-state index is -0.793. The first-order valence-corrected chi connectivity index (χ1v) is 14.3. The molecule has 0 saturated heterocycles. The zero-order valence-corrected chi connectivity index (χ0v) is 23.6. The van der Waals surface area contributed by atoms with Crippen LogP contribution in [0, 0.1) is 5.92 Å². The summed E-state index contributed by atoms with van der Waals surface area (Å²) in [4.78, 5) is 46.0. The number of amides is 1. The van der Waals surface area contributed by atoms with E-state index in [1.165, 1.54) is 20.9 Å². The number of para-hydroxylation sites is 1. The summed E-state index contributed by atoms with van der Waals surface area (Å²) in [6, 6.07) is 13.7. The minimum absolute atomic E-state index is 0.0967. The summed E-state index contributed by atoms with van der Waals surface area (Å²) in [6.07, 6.45) is 2.92. The Balaban J connectivity index is 1.50. The lowest BCUT2D eigenvalue weighted by molar-refractivity contribution is -0.139. The van der Waals surface area contributed by atoms with Crippen LogP contribution < -0.4 is 29.4 Å². The molecule has 0 radical (unpaired) electrons. The second kappa shape index (κ2) is 10.8. The first-order valence-electron chi connectivity index (χ1n) is 13.5. The Labute approximate surface area is 239 Å². The summed E-state index contributed by atoms with van der Waals surface area (Å²) >= 11 is 1.19. The molecule has 6 rings (SSSR count). The summed E-state index contributed by atoms with van der Waals surface area (Å²) in [5, 5.41) is 5.83. The Morgan fingerprint density at radius 1 is 1.12 bits per heavy atom. The fraction of sp³-hybridized carbons (Fsp3) is 0.300. The maximum Gasteiger partial charge on any atom is 0.338 e. The number of hydrazone groups is 1. The van der Waals surface area contributed by atoms with Crippen molar-refractivity contribution in [2.24, 2.45) is 16.0 Å². The molecule has 2 atom stereocenters. The molecule has 10 nitrogen and oxygen atoms in total. The molecule has 3 aliphatic rings. The highest BCUT2D eigenvalue weighted by atomic mass is 32.1. The molecule has 4 heterocycles. The second-order valence-corrected chi connectivity index (χ2v) is 10.8. The summed E-state index contributed by atoms with van der Waals surface area (Å²) in [7, 11) is 0. The van der Waals surface area contributed by atoms with Crippen LogP contribution in [0.1, 0.15) is 45.2 Å². The molecule has 3 aliphatic heterocycles. The van der Waals surface area contributed by atoms with Crippen LogP contribution in [0.5, 0.6) is 11.5 Å². The Hall–Kier alpha value is -4.51. The lowest BCUT2D eigenvalue weighted by Crippen LogP contribution is -2.40. The molecule has 210 valence electrons. The average Bonchev–Trinajstić information content (AvgIpc) is 3.65. The van der Waals surface area contributed by atoms with Gasteiger partial charge in [-0.3, -0.25) is 14.2 Å². The maximum absolute atomic E-state index is 14.1. The fourth-order valence-electron chi connectivity index (χ4n) is 5.21. The Bertz CT molecular complexity index is 1790. The van der Waals surface area contributed by atoms with Crippen LogP contribution in [-0.2, 0) is 14.3 Å². The normalized spacial score (nSPS) is 19.8. The molecular weight excluding hydrogens is 544 g/mol. The van der Waals surface area contributed by atoms with E-state index >= 15 is 0 Å². The van der Waals surface area contributed by atoms with E-state index < -0.39 is 17.9 Å². The number of nitrogens with zero attached hydrogens (tertiary/aromatic N) is 4. The topological polar surface area (TPSA) is 112 Å². The van der Waals surface area contributed by atoms with E-state index in [1.54, 1.807) is 32.1 Å². The Morgan fingerprint density at radius 2 is 1.90 bits per heavy atom. The largest absolute Gasteiger partial charge is 0.463 e. The van der Waals surface area contributed by atoms with E-state index in [2.05, 4.69) is 5.10 Å². The molecule has 1 aromatic heterocycles. The SMILES string of the molecule is CCCC1=C(C(=O)OCC)[C@H](c2ccc3c(c2)OCO3)n2c(s/c(=C/[C@@H]3C(=O)N(c4ccccc4)N=C3C)c2=O)=N1. The summed E-state index contributed by atoms with van der Waals surface area (Å²) in [5.74, 6) is -0.351. The third-order valence-corrected chi connectivity index (χ3v) is 8.11. The van der Waals surface area contributed by atoms with Gasteiger partial charge in [0.1, 0.15) is 5.92 Å². The van der Waals surface area contributed by atoms with Crippen LogP contribution in [0.4, 0.5) is 5.69 Å². The maximum atomic E-state index is 14.1. The van der Waals surface area contributed by atoms with Gasteiger partial charge in [0.15, 0.2) is 16.3 Å². The average molecular weight is 573 g/mol. The molecule has 1 amide bonds. The highest BCUT2D eigenvalue weighted by Crippen LogP contribution is 2.39. The van der Waals surface area contributed by atoms with E-state index in [4.69, 9.17) is 19.2 Å². The molecule has 11 heteroatoms. The van der Waals surface area contributed by atoms with Crippen molar-refractivity contribution in [2.75, 3.05) is 18.4 Å². The zero-order chi connectivity index (χ0) is 28.7. The first-order chi connectivity index (χ1) is 19.9. The summed E-state index contributed by atoms with van der Waals surface area (Å²) in [6.45, 7) is 5.79. The quantitative estimate of drug-likeness (QED) is 0.402. The van der Waals surface area contributed by atoms with Gasteiger partial charge in [-0.15, -0.1) is 0 Å². The van der Waals surface area contributed by atoms with Crippen molar-refractivity contribution in [3.63, 3.8) is 0 Å². The smallest absolute Gasteiger partial charge is 0.338 e. The molecular formula is C30H28N4O6S. The van der Waals surface area contributed by atoms with Gasteiger partial charge in [0.2, 0.25) is 6.79 Å². The van der Waals surface area contributed by atoms with Crippen LogP contribution in [0.15, 0.2) is 74.7 Å². The van der Waals surface area contributed by atoms with Crippen LogP contribution in [0.25, 0.3) is 6.08 Å². The van der Waals surface area contributed by atoms with Crippen molar-refractivity contribution in [3.8, 4) is 11.5 Å². The third kappa shape index (κ3) is 4.65. The third-order valence-electron chi connectivity index (χ3n) is 7.11. The van der Waals surface area contributed by atoms with Gasteiger partial charge in [0, 0.05) is 0 Å². The number of aromatic nitrogens is 1. The summed E-state index contributed by atoms with van der Waals surface area (Å²) in [5.41, 5.74) is 2.44. The van der Waals surface area contributed by atoms with Crippen molar-refractivity contribution < 1.29 is 23.8 Å². The van der Waals surface area contributed by atoms with E-state index in [1.807, 2.05) is 43.3 Å². The predicted octanol–water partition coefficient (Wildman–Crippen LogP) is 3.30. The molecule has 0 bridgehead atoms. The molecule has 0 aliphatic carbocycles. The van der Waals surface area contributed by atoms with Crippen LogP contribution in [0.2, 0.25) is 0 Å². The number of carbonyl (C=O) groups excluding carboxylic acids is 2. The first kappa shape index (κ1) is 26.7. The lowest BCUT2D eigenvalue weighted by atomic mass is 9.94. The van der Waals surface area contributed by atoms with Crippen LogP contribution in [-0.4, -0.2) is 35.6 Å². The number of carbonyl (C=O) groups is 2. The molecule has 3 aromatic rings. The number of hydrogen-bond acceptors (Lipinski definition) is 9. The lowest BCUT2D eigenvalue weighted by Gasteiger charge is -2.25. The van der Waals surface area contributed by atoms with Gasteiger partial charge in [-0.05, 0) is 56.2 Å². The van der Waals surface area contributed by atoms with Gasteiger partial charge >= 0.3 is 5.97 Å². The number of thiazole rings is 1. The molecule has 0 N–H and O–H groups in total. The monoisotopic (exact) mass is 572 g/mol. The highest BCUT2D eigenvalue weighted by molar-refractivity contribution is 7.07.